The quantitative estimate of drug-likeness (QED) is 0.227. The number of hydrogen-bond donors (Lipinski definition) is 0. The van der Waals surface area contributed by atoms with Crippen molar-refractivity contribution in [2.45, 2.75) is 0 Å². The molecule has 2 aromatic heterocycles. The zero-order valence-electron chi connectivity index (χ0n) is 21.1. The average molecular weight is 498 g/mol. The maximum atomic E-state index is 6.47. The summed E-state index contributed by atoms with van der Waals surface area (Å²) >= 11 is 0. The Kier molecular flexibility index (Phi) is 4.86. The number of nitrogens with zero attached hydrogens (tertiary/aromatic N) is 1. The number of para-hydroxylation sites is 1. The number of benzene rings is 6. The van der Waals surface area contributed by atoms with Crippen LogP contribution in [0.5, 0.6) is 0 Å². The van der Waals surface area contributed by atoms with Gasteiger partial charge in [0.05, 0.1) is 5.69 Å². The van der Waals surface area contributed by atoms with Crippen LogP contribution < -0.4 is 0 Å². The van der Waals surface area contributed by atoms with E-state index in [0.29, 0.717) is 0 Å². The van der Waals surface area contributed by atoms with Gasteiger partial charge in [-0.05, 0) is 68.6 Å². The maximum Gasteiger partial charge on any atom is 0.143 e. The van der Waals surface area contributed by atoms with E-state index in [1.54, 1.807) is 0 Å². The SMILES string of the molecule is c1ccc(-c2cc(-c3c4ccccc4c(-c4ccccn4)c4ccccc34)cc3c2oc2ccccc23)cc1. The van der Waals surface area contributed by atoms with E-state index in [0.717, 1.165) is 38.8 Å². The molecule has 0 aliphatic rings. The predicted octanol–water partition coefficient (Wildman–Crippen LogP) is 10.3. The van der Waals surface area contributed by atoms with E-state index >= 15 is 0 Å². The second-order valence-corrected chi connectivity index (χ2v) is 9.92. The zero-order valence-corrected chi connectivity index (χ0v) is 21.1. The van der Waals surface area contributed by atoms with E-state index in [2.05, 4.69) is 121 Å². The lowest BCUT2D eigenvalue weighted by Gasteiger charge is -2.18. The highest BCUT2D eigenvalue weighted by Gasteiger charge is 2.20. The molecule has 0 saturated heterocycles. The minimum absolute atomic E-state index is 0.905. The largest absolute Gasteiger partial charge is 0.455 e. The van der Waals surface area contributed by atoms with E-state index in [-0.39, 0.29) is 0 Å². The van der Waals surface area contributed by atoms with Crippen molar-refractivity contribution in [2.75, 3.05) is 0 Å². The summed E-state index contributed by atoms with van der Waals surface area (Å²) in [6.45, 7) is 0. The van der Waals surface area contributed by atoms with Gasteiger partial charge in [-0.2, -0.15) is 0 Å². The molecule has 2 nitrogen and oxygen atoms in total. The maximum absolute atomic E-state index is 6.47. The van der Waals surface area contributed by atoms with Crippen LogP contribution in [0, 0.1) is 0 Å². The number of furan rings is 1. The second kappa shape index (κ2) is 8.68. The molecule has 0 saturated carbocycles. The molecule has 8 aromatic rings. The first-order chi connectivity index (χ1) is 19.4. The number of pyridine rings is 1. The molecular formula is C37H23NO. The molecule has 39 heavy (non-hydrogen) atoms. The summed E-state index contributed by atoms with van der Waals surface area (Å²) in [4.78, 5) is 4.76. The highest BCUT2D eigenvalue weighted by atomic mass is 16.3. The number of aromatic nitrogens is 1. The Balaban J connectivity index is 1.55. The molecule has 0 atom stereocenters. The van der Waals surface area contributed by atoms with Crippen LogP contribution in [0.15, 0.2) is 144 Å². The minimum atomic E-state index is 0.905. The first-order valence-corrected chi connectivity index (χ1v) is 13.2. The first-order valence-electron chi connectivity index (χ1n) is 13.2. The molecule has 0 bridgehead atoms. The smallest absolute Gasteiger partial charge is 0.143 e. The van der Waals surface area contributed by atoms with Crippen molar-refractivity contribution in [3.63, 3.8) is 0 Å². The molecule has 182 valence electrons. The fourth-order valence-corrected chi connectivity index (χ4v) is 6.03. The first kappa shape index (κ1) is 21.8. The number of hydrogen-bond acceptors (Lipinski definition) is 2. The summed E-state index contributed by atoms with van der Waals surface area (Å²) in [7, 11) is 0. The third kappa shape index (κ3) is 3.39. The molecule has 0 unspecified atom stereocenters. The molecule has 0 aliphatic carbocycles. The van der Waals surface area contributed by atoms with Gasteiger partial charge in [-0.1, -0.05) is 103 Å². The monoisotopic (exact) mass is 497 g/mol. The van der Waals surface area contributed by atoms with Gasteiger partial charge in [-0.15, -0.1) is 0 Å². The van der Waals surface area contributed by atoms with E-state index in [4.69, 9.17) is 9.40 Å². The van der Waals surface area contributed by atoms with Gasteiger partial charge in [-0.25, -0.2) is 0 Å². The molecule has 0 aliphatic heterocycles. The van der Waals surface area contributed by atoms with Crippen molar-refractivity contribution in [1.29, 1.82) is 0 Å². The minimum Gasteiger partial charge on any atom is -0.455 e. The molecule has 8 rings (SSSR count). The van der Waals surface area contributed by atoms with Crippen LogP contribution in [0.4, 0.5) is 0 Å². The van der Waals surface area contributed by atoms with E-state index < -0.39 is 0 Å². The lowest BCUT2D eigenvalue weighted by atomic mass is 9.86. The molecular weight excluding hydrogens is 474 g/mol. The van der Waals surface area contributed by atoms with Crippen LogP contribution in [0.2, 0.25) is 0 Å². The highest BCUT2D eigenvalue weighted by Crippen LogP contribution is 2.46. The van der Waals surface area contributed by atoms with Crippen molar-refractivity contribution in [1.82, 2.24) is 4.98 Å². The lowest BCUT2D eigenvalue weighted by molar-refractivity contribution is 0.670. The highest BCUT2D eigenvalue weighted by molar-refractivity contribution is 6.22. The fourth-order valence-electron chi connectivity index (χ4n) is 6.03. The van der Waals surface area contributed by atoms with E-state index in [1.165, 1.54) is 38.2 Å². The molecule has 6 aromatic carbocycles. The Morgan fingerprint density at radius 3 is 1.69 bits per heavy atom. The van der Waals surface area contributed by atoms with Gasteiger partial charge in [0, 0.05) is 28.1 Å². The van der Waals surface area contributed by atoms with Crippen molar-refractivity contribution in [2.24, 2.45) is 0 Å². The topological polar surface area (TPSA) is 26.0 Å². The third-order valence-corrected chi connectivity index (χ3v) is 7.70. The summed E-state index contributed by atoms with van der Waals surface area (Å²) in [5.74, 6) is 0. The van der Waals surface area contributed by atoms with Crippen LogP contribution in [0.25, 0.3) is 77.0 Å². The van der Waals surface area contributed by atoms with Crippen molar-refractivity contribution in [3.05, 3.63) is 140 Å². The summed E-state index contributed by atoms with van der Waals surface area (Å²) in [6.07, 6.45) is 1.87. The van der Waals surface area contributed by atoms with Crippen molar-refractivity contribution >= 4 is 43.5 Å². The number of fused-ring (bicyclic) bond motifs is 5. The van der Waals surface area contributed by atoms with E-state index in [1.807, 2.05) is 18.3 Å². The Hall–Kier alpha value is -5.21. The molecule has 0 fully saturated rings. The van der Waals surface area contributed by atoms with Crippen LogP contribution >= 0.6 is 0 Å². The van der Waals surface area contributed by atoms with Gasteiger partial charge in [0.1, 0.15) is 11.2 Å². The fraction of sp³-hybridized carbons (Fsp3) is 0. The van der Waals surface area contributed by atoms with Crippen LogP contribution in [-0.4, -0.2) is 4.98 Å². The zero-order chi connectivity index (χ0) is 25.8. The van der Waals surface area contributed by atoms with Gasteiger partial charge in [0.2, 0.25) is 0 Å². The average Bonchev–Trinajstić information content (AvgIpc) is 3.39. The molecule has 2 heteroatoms. The van der Waals surface area contributed by atoms with Gasteiger partial charge in [-0.3, -0.25) is 4.98 Å². The standard InChI is InChI=1S/C37H23NO/c1-2-12-24(13-3-1)31-22-25(23-32-26-14-8-9-20-34(26)39-37(31)32)35-27-15-4-6-17-29(27)36(33-19-10-11-21-38-33)30-18-7-5-16-28(30)35/h1-23H. The molecule has 0 N–H and O–H groups in total. The Morgan fingerprint density at radius 2 is 1.03 bits per heavy atom. The van der Waals surface area contributed by atoms with E-state index in [9.17, 15) is 0 Å². The normalized spacial score (nSPS) is 11.6. The van der Waals surface area contributed by atoms with Gasteiger partial charge < -0.3 is 4.42 Å². The summed E-state index contributed by atoms with van der Waals surface area (Å²) in [5, 5.41) is 7.08. The lowest BCUT2D eigenvalue weighted by Crippen LogP contribution is -1.92. The van der Waals surface area contributed by atoms with Crippen LogP contribution in [-0.2, 0) is 0 Å². The summed E-state index contributed by atoms with van der Waals surface area (Å²) in [5.41, 5.74) is 8.62. The molecule has 0 spiro atoms. The predicted molar refractivity (Wildman–Crippen MR) is 163 cm³/mol. The van der Waals surface area contributed by atoms with Gasteiger partial charge in [0.15, 0.2) is 0 Å². The Bertz CT molecular complexity index is 2100. The number of rotatable bonds is 3. The summed E-state index contributed by atoms with van der Waals surface area (Å²) in [6, 6.07) is 47.0. The molecule has 2 heterocycles. The van der Waals surface area contributed by atoms with Crippen molar-refractivity contribution < 1.29 is 4.42 Å². The second-order valence-electron chi connectivity index (χ2n) is 9.92. The van der Waals surface area contributed by atoms with Gasteiger partial charge in [0.25, 0.3) is 0 Å². The third-order valence-electron chi connectivity index (χ3n) is 7.70. The van der Waals surface area contributed by atoms with Crippen LogP contribution in [0.1, 0.15) is 0 Å². The Labute approximate surface area is 225 Å². The van der Waals surface area contributed by atoms with Crippen molar-refractivity contribution in [3.8, 4) is 33.5 Å². The Morgan fingerprint density at radius 1 is 0.436 bits per heavy atom. The summed E-state index contributed by atoms with van der Waals surface area (Å²) < 4.78 is 6.47. The molecule has 0 radical (unpaired) electrons. The van der Waals surface area contributed by atoms with Crippen LogP contribution in [0.3, 0.4) is 0 Å². The van der Waals surface area contributed by atoms with Gasteiger partial charge >= 0.3 is 0 Å². The molecule has 0 amide bonds.